The highest BCUT2D eigenvalue weighted by atomic mass is 127. The molecule has 2 heteroatoms. The lowest BCUT2D eigenvalue weighted by Gasteiger charge is -2.22. The summed E-state index contributed by atoms with van der Waals surface area (Å²) in [6.45, 7) is 4.52. The number of rotatable bonds is 6. The van der Waals surface area contributed by atoms with Crippen molar-refractivity contribution in [1.82, 2.24) is 0 Å². The molecule has 14 heavy (non-hydrogen) atoms. The van der Waals surface area contributed by atoms with Crippen LogP contribution in [0.5, 0.6) is 0 Å². The van der Waals surface area contributed by atoms with Gasteiger partial charge in [0.25, 0.3) is 0 Å². The maximum atomic E-state index is 6.07. The topological polar surface area (TPSA) is 9.23 Å². The van der Waals surface area contributed by atoms with E-state index in [-0.39, 0.29) is 5.60 Å². The maximum absolute atomic E-state index is 6.07. The SMILES string of the molecule is CCCCCC[C@@H]1CC[C@@](C)(CI)O1. The van der Waals surface area contributed by atoms with Gasteiger partial charge in [-0.25, -0.2) is 0 Å². The minimum atomic E-state index is 0.190. The van der Waals surface area contributed by atoms with Crippen LogP contribution in [0.4, 0.5) is 0 Å². The first kappa shape index (κ1) is 12.8. The van der Waals surface area contributed by atoms with Crippen LogP contribution in [0, 0.1) is 0 Å². The zero-order chi connectivity index (χ0) is 10.4. The third-order valence-electron chi connectivity index (χ3n) is 3.11. The van der Waals surface area contributed by atoms with Crippen LogP contribution >= 0.6 is 22.6 Å². The van der Waals surface area contributed by atoms with Gasteiger partial charge in [0.15, 0.2) is 0 Å². The van der Waals surface area contributed by atoms with Crippen LogP contribution in [0.25, 0.3) is 0 Å². The van der Waals surface area contributed by atoms with E-state index in [0.717, 1.165) is 4.43 Å². The Morgan fingerprint density at radius 3 is 2.71 bits per heavy atom. The third kappa shape index (κ3) is 4.05. The van der Waals surface area contributed by atoms with Gasteiger partial charge in [-0.05, 0) is 26.2 Å². The van der Waals surface area contributed by atoms with Gasteiger partial charge in [-0.2, -0.15) is 0 Å². The highest BCUT2D eigenvalue weighted by Crippen LogP contribution is 2.33. The Hall–Kier alpha value is 0.690. The van der Waals surface area contributed by atoms with Crippen molar-refractivity contribution in [3.63, 3.8) is 0 Å². The fourth-order valence-corrected chi connectivity index (χ4v) is 2.65. The molecule has 0 saturated carbocycles. The fraction of sp³-hybridized carbons (Fsp3) is 1.00. The Labute approximate surface area is 102 Å². The predicted molar refractivity (Wildman–Crippen MR) is 70.2 cm³/mol. The molecular formula is C12H23IO. The smallest absolute Gasteiger partial charge is 0.0748 e. The number of alkyl halides is 1. The predicted octanol–water partition coefficient (Wildman–Crippen LogP) is 4.33. The molecule has 0 aromatic carbocycles. The molecule has 0 unspecified atom stereocenters. The molecule has 1 nitrogen and oxygen atoms in total. The summed E-state index contributed by atoms with van der Waals surface area (Å²) in [6, 6.07) is 0. The highest BCUT2D eigenvalue weighted by Gasteiger charge is 2.34. The first-order chi connectivity index (χ1) is 6.70. The second-order valence-corrected chi connectivity index (χ2v) is 5.47. The Bertz CT molecular complexity index is 160. The number of halogens is 1. The molecule has 1 aliphatic heterocycles. The maximum Gasteiger partial charge on any atom is 0.0748 e. The van der Waals surface area contributed by atoms with Crippen molar-refractivity contribution in [2.24, 2.45) is 0 Å². The molecule has 2 atom stereocenters. The molecule has 0 spiro atoms. The molecule has 0 aromatic heterocycles. The zero-order valence-corrected chi connectivity index (χ0v) is 11.7. The van der Waals surface area contributed by atoms with Crippen LogP contribution in [0.3, 0.4) is 0 Å². The van der Waals surface area contributed by atoms with Crippen molar-refractivity contribution < 1.29 is 4.74 Å². The van der Waals surface area contributed by atoms with Crippen LogP contribution in [-0.4, -0.2) is 16.1 Å². The first-order valence-corrected chi connectivity index (χ1v) is 7.46. The van der Waals surface area contributed by atoms with Crippen molar-refractivity contribution >= 4 is 22.6 Å². The van der Waals surface area contributed by atoms with Gasteiger partial charge in [0, 0.05) is 4.43 Å². The molecule has 1 heterocycles. The van der Waals surface area contributed by atoms with E-state index in [0.29, 0.717) is 6.10 Å². The largest absolute Gasteiger partial charge is 0.371 e. The molecule has 84 valence electrons. The van der Waals surface area contributed by atoms with Crippen molar-refractivity contribution in [2.75, 3.05) is 4.43 Å². The molecule has 1 aliphatic rings. The Kier molecular flexibility index (Phi) is 5.75. The van der Waals surface area contributed by atoms with Crippen LogP contribution < -0.4 is 0 Å². The lowest BCUT2D eigenvalue weighted by atomic mass is 10.0. The molecule has 0 N–H and O–H groups in total. The third-order valence-corrected chi connectivity index (χ3v) is 4.72. The zero-order valence-electron chi connectivity index (χ0n) is 9.52. The summed E-state index contributed by atoms with van der Waals surface area (Å²) in [5.41, 5.74) is 0.190. The molecule has 0 amide bonds. The molecule has 1 saturated heterocycles. The number of hydrogen-bond donors (Lipinski definition) is 0. The monoisotopic (exact) mass is 310 g/mol. The summed E-state index contributed by atoms with van der Waals surface area (Å²) in [5, 5.41) is 0. The minimum absolute atomic E-state index is 0.190. The molecular weight excluding hydrogens is 287 g/mol. The van der Waals surface area contributed by atoms with E-state index >= 15 is 0 Å². The van der Waals surface area contributed by atoms with E-state index in [1.807, 2.05) is 0 Å². The quantitative estimate of drug-likeness (QED) is 0.403. The lowest BCUT2D eigenvalue weighted by molar-refractivity contribution is -0.0139. The lowest BCUT2D eigenvalue weighted by Crippen LogP contribution is -2.26. The van der Waals surface area contributed by atoms with Crippen LogP contribution in [0.1, 0.15) is 58.8 Å². The van der Waals surface area contributed by atoms with Crippen molar-refractivity contribution in [2.45, 2.75) is 70.5 Å². The van der Waals surface area contributed by atoms with E-state index < -0.39 is 0 Å². The van der Waals surface area contributed by atoms with Gasteiger partial charge in [0.2, 0.25) is 0 Å². The van der Waals surface area contributed by atoms with Gasteiger partial charge in [-0.1, -0.05) is 55.2 Å². The minimum Gasteiger partial charge on any atom is -0.371 e. The molecule has 0 aromatic rings. The first-order valence-electron chi connectivity index (χ1n) is 5.94. The molecule has 0 aliphatic carbocycles. The second-order valence-electron chi connectivity index (χ2n) is 4.71. The summed E-state index contributed by atoms with van der Waals surface area (Å²) < 4.78 is 7.21. The molecule has 1 rings (SSSR count). The molecule has 0 radical (unpaired) electrons. The van der Waals surface area contributed by atoms with Gasteiger partial charge in [0.05, 0.1) is 11.7 Å². The Balaban J connectivity index is 2.10. The summed E-state index contributed by atoms with van der Waals surface area (Å²) in [7, 11) is 0. The summed E-state index contributed by atoms with van der Waals surface area (Å²) in [6.07, 6.45) is 9.85. The van der Waals surface area contributed by atoms with Crippen molar-refractivity contribution in [3.05, 3.63) is 0 Å². The van der Waals surface area contributed by atoms with Crippen LogP contribution in [0.2, 0.25) is 0 Å². The summed E-state index contributed by atoms with van der Waals surface area (Å²) in [4.78, 5) is 0. The van der Waals surface area contributed by atoms with Gasteiger partial charge in [0.1, 0.15) is 0 Å². The van der Waals surface area contributed by atoms with Crippen LogP contribution in [0.15, 0.2) is 0 Å². The fourth-order valence-electron chi connectivity index (χ4n) is 2.09. The summed E-state index contributed by atoms with van der Waals surface area (Å²) >= 11 is 2.44. The van der Waals surface area contributed by atoms with E-state index in [4.69, 9.17) is 4.74 Å². The van der Waals surface area contributed by atoms with E-state index in [1.54, 1.807) is 0 Å². The molecule has 0 bridgehead atoms. The standard InChI is InChI=1S/C12H23IO/c1-3-4-5-6-7-11-8-9-12(2,10-13)14-11/h11H,3-10H2,1-2H3/t11-,12+/m1/s1. The van der Waals surface area contributed by atoms with E-state index in [1.165, 1.54) is 44.9 Å². The number of ether oxygens (including phenoxy) is 1. The highest BCUT2D eigenvalue weighted by molar-refractivity contribution is 14.1. The van der Waals surface area contributed by atoms with Crippen molar-refractivity contribution in [3.8, 4) is 0 Å². The normalized spacial score (nSPS) is 32.4. The Morgan fingerprint density at radius 2 is 2.14 bits per heavy atom. The molecule has 1 fully saturated rings. The van der Waals surface area contributed by atoms with Crippen LogP contribution in [-0.2, 0) is 4.74 Å². The van der Waals surface area contributed by atoms with E-state index in [9.17, 15) is 0 Å². The van der Waals surface area contributed by atoms with Gasteiger partial charge in [-0.15, -0.1) is 0 Å². The average molecular weight is 310 g/mol. The number of unbranched alkanes of at least 4 members (excludes halogenated alkanes) is 3. The summed E-state index contributed by atoms with van der Waals surface area (Å²) in [5.74, 6) is 0. The van der Waals surface area contributed by atoms with Gasteiger partial charge >= 0.3 is 0 Å². The second kappa shape index (κ2) is 6.31. The van der Waals surface area contributed by atoms with Gasteiger partial charge in [-0.3, -0.25) is 0 Å². The van der Waals surface area contributed by atoms with Gasteiger partial charge < -0.3 is 4.74 Å². The average Bonchev–Trinajstić information content (AvgIpc) is 2.56. The number of hydrogen-bond acceptors (Lipinski definition) is 1. The van der Waals surface area contributed by atoms with Crippen molar-refractivity contribution in [1.29, 1.82) is 0 Å². The van der Waals surface area contributed by atoms with E-state index in [2.05, 4.69) is 36.4 Å². The Morgan fingerprint density at radius 1 is 1.36 bits per heavy atom.